The molecule has 2 aromatic heterocycles. The van der Waals surface area contributed by atoms with Crippen molar-refractivity contribution < 1.29 is 4.79 Å². The Balaban J connectivity index is 1.37. The van der Waals surface area contributed by atoms with Gasteiger partial charge in [-0.15, -0.1) is 0 Å². The van der Waals surface area contributed by atoms with E-state index >= 15 is 0 Å². The third kappa shape index (κ3) is 4.48. The molecule has 8 heteroatoms. The van der Waals surface area contributed by atoms with Crippen LogP contribution in [-0.4, -0.2) is 56.9 Å². The maximum atomic E-state index is 12.9. The summed E-state index contributed by atoms with van der Waals surface area (Å²) in [6.07, 6.45) is 4.89. The Labute approximate surface area is 169 Å². The molecule has 4 rings (SSSR count). The Hall–Kier alpha value is -3.55. The highest BCUT2D eigenvalue weighted by molar-refractivity contribution is 5.93. The van der Waals surface area contributed by atoms with Gasteiger partial charge in [-0.3, -0.25) is 4.79 Å². The second-order valence-electron chi connectivity index (χ2n) is 6.90. The minimum atomic E-state index is -0.0834. The van der Waals surface area contributed by atoms with Crippen molar-refractivity contribution >= 4 is 17.7 Å². The van der Waals surface area contributed by atoms with Crippen molar-refractivity contribution in [1.82, 2.24) is 24.8 Å². The second-order valence-corrected chi connectivity index (χ2v) is 6.90. The molecule has 0 saturated carbocycles. The van der Waals surface area contributed by atoms with Crippen molar-refractivity contribution in [1.29, 1.82) is 0 Å². The van der Waals surface area contributed by atoms with Gasteiger partial charge in [0.1, 0.15) is 17.8 Å². The zero-order chi connectivity index (χ0) is 20.1. The Morgan fingerprint density at radius 2 is 1.76 bits per heavy atom. The van der Waals surface area contributed by atoms with Gasteiger partial charge in [-0.05, 0) is 24.1 Å². The summed E-state index contributed by atoms with van der Waals surface area (Å²) in [5, 5.41) is 3.28. The molecule has 1 saturated heterocycles. The number of nitrogens with one attached hydrogen (secondary N) is 1. The molecular weight excluding hydrogens is 366 g/mol. The van der Waals surface area contributed by atoms with E-state index in [2.05, 4.69) is 49.2 Å². The summed E-state index contributed by atoms with van der Waals surface area (Å²) in [5.41, 5.74) is 2.81. The van der Waals surface area contributed by atoms with E-state index in [4.69, 9.17) is 0 Å². The van der Waals surface area contributed by atoms with Crippen LogP contribution in [0.3, 0.4) is 0 Å². The molecule has 0 spiro atoms. The number of piperazine rings is 1. The Morgan fingerprint density at radius 3 is 2.52 bits per heavy atom. The Bertz CT molecular complexity index is 972. The zero-order valence-electron chi connectivity index (χ0n) is 16.3. The molecule has 0 bridgehead atoms. The molecular formula is C21H23N7O. The molecule has 148 valence electrons. The monoisotopic (exact) mass is 389 g/mol. The summed E-state index contributed by atoms with van der Waals surface area (Å²) >= 11 is 0. The smallest absolute Gasteiger partial charge is 0.272 e. The lowest BCUT2D eigenvalue weighted by atomic mass is 10.1. The Morgan fingerprint density at radius 1 is 1.00 bits per heavy atom. The highest BCUT2D eigenvalue weighted by Crippen LogP contribution is 2.14. The van der Waals surface area contributed by atoms with Crippen molar-refractivity contribution in [3.63, 3.8) is 0 Å². The third-order valence-electron chi connectivity index (χ3n) is 5.01. The molecule has 0 atom stereocenters. The molecule has 1 fully saturated rings. The van der Waals surface area contributed by atoms with Crippen molar-refractivity contribution in [2.75, 3.05) is 36.4 Å². The van der Waals surface area contributed by atoms with Gasteiger partial charge in [0.05, 0.1) is 0 Å². The predicted molar refractivity (Wildman–Crippen MR) is 111 cm³/mol. The number of anilines is 2. The van der Waals surface area contributed by atoms with Gasteiger partial charge in [0.2, 0.25) is 5.95 Å². The number of rotatable bonds is 5. The number of benzene rings is 1. The number of carbonyl (C=O) groups is 1. The van der Waals surface area contributed by atoms with E-state index in [-0.39, 0.29) is 5.91 Å². The van der Waals surface area contributed by atoms with Gasteiger partial charge in [0.25, 0.3) is 5.91 Å². The lowest BCUT2D eigenvalue weighted by molar-refractivity contribution is 0.0740. The minimum Gasteiger partial charge on any atom is -0.366 e. The first-order valence-corrected chi connectivity index (χ1v) is 9.62. The molecule has 0 aliphatic carbocycles. The van der Waals surface area contributed by atoms with Crippen LogP contribution in [0.2, 0.25) is 0 Å². The van der Waals surface area contributed by atoms with Crippen LogP contribution >= 0.6 is 0 Å². The van der Waals surface area contributed by atoms with Crippen LogP contribution in [0.15, 0.2) is 55.1 Å². The summed E-state index contributed by atoms with van der Waals surface area (Å²) in [6.45, 7) is 5.32. The van der Waals surface area contributed by atoms with Crippen LogP contribution < -0.4 is 10.2 Å². The van der Waals surface area contributed by atoms with E-state index in [1.807, 2.05) is 17.0 Å². The summed E-state index contributed by atoms with van der Waals surface area (Å²) in [6, 6.07) is 11.7. The minimum absolute atomic E-state index is 0.0834. The van der Waals surface area contributed by atoms with Gasteiger partial charge >= 0.3 is 0 Å². The normalized spacial score (nSPS) is 14.0. The van der Waals surface area contributed by atoms with Gasteiger partial charge in [-0.1, -0.05) is 24.3 Å². The fourth-order valence-corrected chi connectivity index (χ4v) is 3.29. The summed E-state index contributed by atoms with van der Waals surface area (Å²) in [5.74, 6) is 1.26. The molecule has 29 heavy (non-hydrogen) atoms. The van der Waals surface area contributed by atoms with Crippen molar-refractivity contribution in [3.8, 4) is 0 Å². The lowest BCUT2D eigenvalue weighted by Crippen LogP contribution is -2.49. The fourth-order valence-electron chi connectivity index (χ4n) is 3.29. The topological polar surface area (TPSA) is 87.1 Å². The number of hydrogen-bond donors (Lipinski definition) is 1. The highest BCUT2D eigenvalue weighted by Gasteiger charge is 2.24. The van der Waals surface area contributed by atoms with E-state index in [1.54, 1.807) is 24.5 Å². The molecule has 1 aromatic carbocycles. The number of aromatic nitrogens is 4. The first-order chi connectivity index (χ1) is 14.2. The quantitative estimate of drug-likeness (QED) is 0.715. The van der Waals surface area contributed by atoms with Crippen LogP contribution in [-0.2, 0) is 6.54 Å². The average Bonchev–Trinajstić information content (AvgIpc) is 2.79. The van der Waals surface area contributed by atoms with Crippen molar-refractivity contribution in [2.24, 2.45) is 0 Å². The largest absolute Gasteiger partial charge is 0.366 e. The summed E-state index contributed by atoms with van der Waals surface area (Å²) in [7, 11) is 0. The maximum absolute atomic E-state index is 12.9. The van der Waals surface area contributed by atoms with E-state index in [0.29, 0.717) is 50.2 Å². The van der Waals surface area contributed by atoms with E-state index < -0.39 is 0 Å². The molecule has 3 aromatic rings. The second kappa shape index (κ2) is 8.64. The molecule has 1 amide bonds. The van der Waals surface area contributed by atoms with Crippen LogP contribution in [0.1, 0.15) is 21.6 Å². The first kappa shape index (κ1) is 18.8. The zero-order valence-corrected chi connectivity index (χ0v) is 16.3. The van der Waals surface area contributed by atoms with E-state index in [1.165, 1.54) is 17.5 Å². The summed E-state index contributed by atoms with van der Waals surface area (Å²) < 4.78 is 0. The highest BCUT2D eigenvalue weighted by atomic mass is 16.2. The van der Waals surface area contributed by atoms with E-state index in [0.717, 1.165) is 0 Å². The van der Waals surface area contributed by atoms with Gasteiger partial charge in [-0.2, -0.15) is 0 Å². The number of carbonyl (C=O) groups excluding carboxylic acids is 1. The molecule has 1 aliphatic heterocycles. The van der Waals surface area contributed by atoms with Crippen LogP contribution in [0.4, 0.5) is 11.8 Å². The molecule has 1 aliphatic rings. The lowest BCUT2D eigenvalue weighted by Gasteiger charge is -2.34. The van der Waals surface area contributed by atoms with Crippen LogP contribution in [0.25, 0.3) is 0 Å². The van der Waals surface area contributed by atoms with Crippen molar-refractivity contribution in [3.05, 3.63) is 71.9 Å². The van der Waals surface area contributed by atoms with Crippen molar-refractivity contribution in [2.45, 2.75) is 13.5 Å². The van der Waals surface area contributed by atoms with E-state index in [9.17, 15) is 4.79 Å². The summed E-state index contributed by atoms with van der Waals surface area (Å²) in [4.78, 5) is 33.8. The average molecular weight is 389 g/mol. The SMILES string of the molecule is Cc1ccccc1CNc1cc(C(=O)N2CCN(c3ncccn3)CC2)ncn1. The molecule has 8 nitrogen and oxygen atoms in total. The van der Waals surface area contributed by atoms with Gasteiger partial charge in [0.15, 0.2) is 0 Å². The van der Waals surface area contributed by atoms with Gasteiger partial charge in [0, 0.05) is 51.2 Å². The number of nitrogens with zero attached hydrogens (tertiary/aromatic N) is 6. The first-order valence-electron chi connectivity index (χ1n) is 9.62. The molecule has 0 unspecified atom stereocenters. The number of hydrogen-bond acceptors (Lipinski definition) is 7. The number of amides is 1. The number of aryl methyl sites for hydroxylation is 1. The van der Waals surface area contributed by atoms with Crippen LogP contribution in [0.5, 0.6) is 0 Å². The standard InChI is InChI=1S/C21H23N7O/c1-16-5-2-3-6-17(16)14-24-19-13-18(25-15-26-19)20(29)27-9-11-28(12-10-27)21-22-7-4-8-23-21/h2-8,13,15H,9-12,14H2,1H3,(H,24,25,26). The van der Waals surface area contributed by atoms with Crippen LogP contribution in [0, 0.1) is 6.92 Å². The third-order valence-corrected chi connectivity index (χ3v) is 5.01. The molecule has 0 radical (unpaired) electrons. The van der Waals surface area contributed by atoms with Gasteiger partial charge < -0.3 is 15.1 Å². The molecule has 3 heterocycles. The Kier molecular flexibility index (Phi) is 5.60. The fraction of sp³-hybridized carbons (Fsp3) is 0.286. The van der Waals surface area contributed by atoms with Gasteiger partial charge in [-0.25, -0.2) is 19.9 Å². The maximum Gasteiger partial charge on any atom is 0.272 e. The predicted octanol–water partition coefficient (Wildman–Crippen LogP) is 2.15. The molecule has 1 N–H and O–H groups in total.